The Labute approximate surface area is 134 Å². The fourth-order valence-electron chi connectivity index (χ4n) is 2.50. The van der Waals surface area contributed by atoms with Gasteiger partial charge in [-0.25, -0.2) is 9.66 Å². The number of aliphatic hydroxyl groups excluding tert-OH is 1. The molecule has 3 rings (SSSR count). The van der Waals surface area contributed by atoms with Crippen LogP contribution in [0.2, 0.25) is 0 Å². The van der Waals surface area contributed by atoms with Gasteiger partial charge >= 0.3 is 0 Å². The molecule has 0 aliphatic rings. The summed E-state index contributed by atoms with van der Waals surface area (Å²) in [7, 11) is 0. The third-order valence-corrected chi connectivity index (χ3v) is 3.59. The number of aliphatic hydroxyl groups is 1. The highest BCUT2D eigenvalue weighted by molar-refractivity contribution is 5.91. The molecular formula is C18H18N4O. The zero-order chi connectivity index (χ0) is 16.2. The van der Waals surface area contributed by atoms with Crippen molar-refractivity contribution in [3.8, 4) is 11.1 Å². The third kappa shape index (κ3) is 3.14. The summed E-state index contributed by atoms with van der Waals surface area (Å²) in [5, 5.41) is 13.9. The van der Waals surface area contributed by atoms with Gasteiger partial charge < -0.3 is 10.8 Å². The van der Waals surface area contributed by atoms with Crippen LogP contribution in [0.5, 0.6) is 0 Å². The Kier molecular flexibility index (Phi) is 4.21. The molecular weight excluding hydrogens is 288 g/mol. The molecule has 23 heavy (non-hydrogen) atoms. The van der Waals surface area contributed by atoms with Gasteiger partial charge in [-0.15, -0.1) is 0 Å². The number of aromatic nitrogens is 2. The maximum Gasteiger partial charge on any atom is 0.221 e. The summed E-state index contributed by atoms with van der Waals surface area (Å²) in [6, 6.07) is 15.7. The molecule has 0 unspecified atom stereocenters. The first-order valence-electron chi connectivity index (χ1n) is 7.33. The van der Waals surface area contributed by atoms with Crippen LogP contribution in [0, 0.1) is 6.92 Å². The fourth-order valence-corrected chi connectivity index (χ4v) is 2.50. The van der Waals surface area contributed by atoms with Gasteiger partial charge in [-0.2, -0.15) is 5.10 Å². The minimum Gasteiger partial charge on any atom is -0.392 e. The van der Waals surface area contributed by atoms with Crippen LogP contribution in [0.3, 0.4) is 0 Å². The molecule has 0 bridgehead atoms. The second kappa shape index (κ2) is 6.46. The lowest BCUT2D eigenvalue weighted by atomic mass is 9.96. The van der Waals surface area contributed by atoms with Crippen molar-refractivity contribution in [2.24, 2.45) is 5.10 Å². The molecule has 0 aliphatic carbocycles. The molecule has 0 saturated carbocycles. The summed E-state index contributed by atoms with van der Waals surface area (Å²) in [4.78, 5) is 4.13. The first kappa shape index (κ1) is 15.0. The maximum atomic E-state index is 9.56. The summed E-state index contributed by atoms with van der Waals surface area (Å²) < 4.78 is 1.55. The molecule has 0 fully saturated rings. The van der Waals surface area contributed by atoms with E-state index in [-0.39, 0.29) is 6.61 Å². The van der Waals surface area contributed by atoms with E-state index in [9.17, 15) is 5.11 Å². The van der Waals surface area contributed by atoms with Crippen LogP contribution in [0.15, 0.2) is 59.8 Å². The number of aryl methyl sites for hydroxylation is 1. The monoisotopic (exact) mass is 306 g/mol. The van der Waals surface area contributed by atoms with Crippen LogP contribution in [0.25, 0.3) is 11.1 Å². The summed E-state index contributed by atoms with van der Waals surface area (Å²) in [5.74, 6) is 0.354. The van der Waals surface area contributed by atoms with Gasteiger partial charge in [0.15, 0.2) is 0 Å². The molecule has 1 heterocycles. The minimum absolute atomic E-state index is 0.00465. The number of nitrogens with two attached hydrogens (primary N) is 1. The molecule has 0 aliphatic heterocycles. The zero-order valence-corrected chi connectivity index (χ0v) is 12.8. The van der Waals surface area contributed by atoms with Crippen molar-refractivity contribution in [2.45, 2.75) is 13.5 Å². The summed E-state index contributed by atoms with van der Waals surface area (Å²) in [6.07, 6.45) is 3.52. The van der Waals surface area contributed by atoms with Crippen molar-refractivity contribution in [3.63, 3.8) is 0 Å². The van der Waals surface area contributed by atoms with Crippen molar-refractivity contribution < 1.29 is 5.11 Å². The molecule has 5 heteroatoms. The van der Waals surface area contributed by atoms with E-state index in [0.29, 0.717) is 5.95 Å². The Morgan fingerprint density at radius 3 is 2.52 bits per heavy atom. The minimum atomic E-state index is -0.00465. The van der Waals surface area contributed by atoms with Gasteiger partial charge in [0.2, 0.25) is 5.95 Å². The smallest absolute Gasteiger partial charge is 0.221 e. The van der Waals surface area contributed by atoms with Crippen LogP contribution >= 0.6 is 0 Å². The molecule has 2 aromatic carbocycles. The Morgan fingerprint density at radius 1 is 1.13 bits per heavy atom. The van der Waals surface area contributed by atoms with Gasteiger partial charge in [-0.05, 0) is 23.6 Å². The second-order valence-corrected chi connectivity index (χ2v) is 5.23. The SMILES string of the molecule is Cc1cn(N=Cc2ccccc2-c2ccccc2CO)c(N)n1. The van der Waals surface area contributed by atoms with Crippen molar-refractivity contribution in [1.29, 1.82) is 0 Å². The second-order valence-electron chi connectivity index (χ2n) is 5.23. The molecule has 0 amide bonds. The number of imidazole rings is 1. The Hall–Kier alpha value is -2.92. The number of nitrogens with zero attached hydrogens (tertiary/aromatic N) is 3. The largest absolute Gasteiger partial charge is 0.392 e. The topological polar surface area (TPSA) is 76.4 Å². The standard InChI is InChI=1S/C18H18N4O/c1-13-11-22(18(19)21-13)20-10-14-6-2-4-8-16(14)17-9-5-3-7-15(17)12-23/h2-11,23H,12H2,1H3,(H2,19,21). The number of rotatable bonds is 4. The molecule has 0 spiro atoms. The molecule has 0 radical (unpaired) electrons. The van der Waals surface area contributed by atoms with Crippen LogP contribution in [0.4, 0.5) is 5.95 Å². The van der Waals surface area contributed by atoms with E-state index < -0.39 is 0 Å². The van der Waals surface area contributed by atoms with Gasteiger partial charge in [-0.1, -0.05) is 48.5 Å². The van der Waals surface area contributed by atoms with Crippen LogP contribution < -0.4 is 5.73 Å². The fraction of sp³-hybridized carbons (Fsp3) is 0.111. The molecule has 5 nitrogen and oxygen atoms in total. The molecule has 116 valence electrons. The first-order chi connectivity index (χ1) is 11.2. The average Bonchev–Trinajstić information content (AvgIpc) is 2.90. The normalized spacial score (nSPS) is 11.2. The van der Waals surface area contributed by atoms with Crippen molar-refractivity contribution in [2.75, 3.05) is 5.73 Å². The highest BCUT2D eigenvalue weighted by Crippen LogP contribution is 2.26. The third-order valence-electron chi connectivity index (χ3n) is 3.59. The molecule has 3 N–H and O–H groups in total. The number of benzene rings is 2. The van der Waals surface area contributed by atoms with Crippen molar-refractivity contribution >= 4 is 12.2 Å². The number of hydrogen-bond acceptors (Lipinski definition) is 4. The van der Waals surface area contributed by atoms with Gasteiger partial charge in [0.05, 0.1) is 24.7 Å². The summed E-state index contributed by atoms with van der Waals surface area (Å²) in [6.45, 7) is 1.86. The Bertz CT molecular complexity index is 852. The van der Waals surface area contributed by atoms with E-state index in [2.05, 4.69) is 10.1 Å². The summed E-state index contributed by atoms with van der Waals surface area (Å²) in [5.41, 5.74) is 10.5. The Morgan fingerprint density at radius 2 is 1.83 bits per heavy atom. The van der Waals surface area contributed by atoms with E-state index in [1.54, 1.807) is 17.1 Å². The van der Waals surface area contributed by atoms with Gasteiger partial charge in [0, 0.05) is 5.56 Å². The lowest BCUT2D eigenvalue weighted by molar-refractivity contribution is 0.282. The lowest BCUT2D eigenvalue weighted by Gasteiger charge is -2.10. The van der Waals surface area contributed by atoms with E-state index in [0.717, 1.165) is 27.9 Å². The van der Waals surface area contributed by atoms with Gasteiger partial charge in [0.1, 0.15) is 0 Å². The van der Waals surface area contributed by atoms with E-state index in [1.165, 1.54) is 0 Å². The van der Waals surface area contributed by atoms with Crippen molar-refractivity contribution in [3.05, 3.63) is 71.5 Å². The predicted molar refractivity (Wildman–Crippen MR) is 92.2 cm³/mol. The van der Waals surface area contributed by atoms with E-state index in [4.69, 9.17) is 5.73 Å². The zero-order valence-electron chi connectivity index (χ0n) is 12.8. The van der Waals surface area contributed by atoms with Crippen LogP contribution in [-0.4, -0.2) is 21.0 Å². The van der Waals surface area contributed by atoms with Crippen LogP contribution in [-0.2, 0) is 6.61 Å². The predicted octanol–water partition coefficient (Wildman–Crippen LogP) is 2.82. The first-order valence-corrected chi connectivity index (χ1v) is 7.33. The highest BCUT2D eigenvalue weighted by Gasteiger charge is 2.07. The highest BCUT2D eigenvalue weighted by atomic mass is 16.3. The van der Waals surface area contributed by atoms with E-state index in [1.807, 2.05) is 55.5 Å². The van der Waals surface area contributed by atoms with Gasteiger partial charge in [-0.3, -0.25) is 0 Å². The number of nitrogen functional groups attached to an aromatic ring is 1. The quantitative estimate of drug-likeness (QED) is 0.728. The number of anilines is 1. The molecule has 1 aromatic heterocycles. The maximum absolute atomic E-state index is 9.56. The van der Waals surface area contributed by atoms with Crippen molar-refractivity contribution in [1.82, 2.24) is 9.66 Å². The average molecular weight is 306 g/mol. The summed E-state index contributed by atoms with van der Waals surface area (Å²) >= 11 is 0. The molecule has 3 aromatic rings. The molecule has 0 saturated heterocycles. The Balaban J connectivity index is 2.03. The van der Waals surface area contributed by atoms with Gasteiger partial charge in [0.25, 0.3) is 0 Å². The molecule has 0 atom stereocenters. The van der Waals surface area contributed by atoms with E-state index >= 15 is 0 Å². The lowest BCUT2D eigenvalue weighted by Crippen LogP contribution is -1.98. The van der Waals surface area contributed by atoms with Crippen LogP contribution in [0.1, 0.15) is 16.8 Å². The number of hydrogen-bond donors (Lipinski definition) is 2.